The van der Waals surface area contributed by atoms with E-state index in [-0.39, 0.29) is 18.2 Å². The Bertz CT molecular complexity index is 642. The lowest BCUT2D eigenvalue weighted by Gasteiger charge is -2.37. The molecular weight excluding hydrogens is 346 g/mol. The molecule has 0 radical (unpaired) electrons. The minimum Gasteiger partial charge on any atom is -0.340 e. The number of hydrogen-bond donors (Lipinski definition) is 2. The summed E-state index contributed by atoms with van der Waals surface area (Å²) in [5, 5.41) is 5.05. The molecule has 0 bridgehead atoms. The van der Waals surface area contributed by atoms with E-state index < -0.39 is 12.1 Å². The number of hydrogen-bond acceptors (Lipinski definition) is 5. The lowest BCUT2D eigenvalue weighted by molar-refractivity contribution is -0.133. The van der Waals surface area contributed by atoms with Crippen molar-refractivity contribution >= 4 is 17.8 Å². The first-order chi connectivity index (χ1) is 12.9. The number of carbonyl (C=O) groups excluding carboxylic acids is 3. The Morgan fingerprint density at radius 3 is 2.41 bits per heavy atom. The van der Waals surface area contributed by atoms with Crippen LogP contribution in [0.15, 0.2) is 24.4 Å². The Morgan fingerprint density at radius 1 is 1.11 bits per heavy atom. The van der Waals surface area contributed by atoms with Gasteiger partial charge in [0.25, 0.3) is 0 Å². The van der Waals surface area contributed by atoms with Crippen LogP contribution in [0, 0.1) is 5.92 Å². The van der Waals surface area contributed by atoms with E-state index in [1.807, 2.05) is 36.9 Å². The summed E-state index contributed by atoms with van der Waals surface area (Å²) in [6.07, 6.45) is 1.96. The van der Waals surface area contributed by atoms with Crippen LogP contribution in [0.2, 0.25) is 0 Å². The van der Waals surface area contributed by atoms with Gasteiger partial charge in [-0.15, -0.1) is 0 Å². The minimum absolute atomic E-state index is 0.0403. The van der Waals surface area contributed by atoms with Crippen molar-refractivity contribution < 1.29 is 14.4 Å². The zero-order valence-corrected chi connectivity index (χ0v) is 16.3. The molecule has 2 rings (SSSR count). The van der Waals surface area contributed by atoms with Crippen LogP contribution in [0.4, 0.5) is 4.79 Å². The summed E-state index contributed by atoms with van der Waals surface area (Å²) in [5.41, 5.74) is 0.755. The van der Waals surface area contributed by atoms with E-state index in [4.69, 9.17) is 0 Å². The summed E-state index contributed by atoms with van der Waals surface area (Å²) in [7, 11) is 0. The van der Waals surface area contributed by atoms with Gasteiger partial charge < -0.3 is 10.2 Å². The predicted molar refractivity (Wildman–Crippen MR) is 102 cm³/mol. The second-order valence-electron chi connectivity index (χ2n) is 7.18. The largest absolute Gasteiger partial charge is 0.340 e. The van der Waals surface area contributed by atoms with Gasteiger partial charge in [0.2, 0.25) is 11.8 Å². The Morgan fingerprint density at radius 2 is 1.81 bits per heavy atom. The molecule has 1 aromatic heterocycles. The van der Waals surface area contributed by atoms with Gasteiger partial charge in [0.1, 0.15) is 0 Å². The van der Waals surface area contributed by atoms with E-state index in [1.165, 1.54) is 0 Å². The van der Waals surface area contributed by atoms with Gasteiger partial charge >= 0.3 is 6.03 Å². The molecule has 1 fully saturated rings. The Kier molecular flexibility index (Phi) is 7.72. The number of urea groups is 1. The minimum atomic E-state index is -0.468. The molecule has 0 aliphatic carbocycles. The van der Waals surface area contributed by atoms with E-state index in [1.54, 1.807) is 18.0 Å². The van der Waals surface area contributed by atoms with Gasteiger partial charge in [-0.2, -0.15) is 0 Å². The molecule has 1 saturated heterocycles. The summed E-state index contributed by atoms with van der Waals surface area (Å²) < 4.78 is 0. The number of carbonyl (C=O) groups is 3. The molecule has 0 aromatic carbocycles. The third kappa shape index (κ3) is 6.63. The smallest absolute Gasteiger partial charge is 0.321 e. The first kappa shape index (κ1) is 20.8. The highest BCUT2D eigenvalue weighted by atomic mass is 16.2. The molecule has 4 amide bonds. The number of aromatic nitrogens is 1. The maximum absolute atomic E-state index is 12.4. The van der Waals surface area contributed by atoms with Gasteiger partial charge in [-0.1, -0.05) is 19.9 Å². The van der Waals surface area contributed by atoms with Crippen molar-refractivity contribution in [2.24, 2.45) is 5.92 Å². The molecule has 27 heavy (non-hydrogen) atoms. The molecule has 148 valence electrons. The predicted octanol–water partition coefficient (Wildman–Crippen LogP) is 0.639. The van der Waals surface area contributed by atoms with Crippen LogP contribution < -0.4 is 10.6 Å². The number of piperazine rings is 1. The Balaban J connectivity index is 1.76. The number of pyridine rings is 1. The van der Waals surface area contributed by atoms with Crippen molar-refractivity contribution in [1.29, 1.82) is 0 Å². The highest BCUT2D eigenvalue weighted by Gasteiger charge is 2.28. The molecule has 1 atom stereocenters. The van der Waals surface area contributed by atoms with Gasteiger partial charge in [-0.3, -0.25) is 24.8 Å². The molecule has 2 heterocycles. The fourth-order valence-corrected chi connectivity index (χ4v) is 2.85. The summed E-state index contributed by atoms with van der Waals surface area (Å²) >= 11 is 0. The molecule has 0 spiro atoms. The highest BCUT2D eigenvalue weighted by Crippen LogP contribution is 2.09. The number of rotatable bonds is 6. The first-order valence-electron chi connectivity index (χ1n) is 9.37. The maximum Gasteiger partial charge on any atom is 0.321 e. The lowest BCUT2D eigenvalue weighted by atomic mass is 10.2. The number of nitrogens with one attached hydrogen (secondary N) is 2. The second-order valence-corrected chi connectivity index (χ2v) is 7.18. The van der Waals surface area contributed by atoms with Crippen LogP contribution in [0.3, 0.4) is 0 Å². The van der Waals surface area contributed by atoms with E-state index in [9.17, 15) is 14.4 Å². The quantitative estimate of drug-likeness (QED) is 0.761. The van der Waals surface area contributed by atoms with Crippen LogP contribution >= 0.6 is 0 Å². The SMILES string of the molecule is CC(C)CNC(=O)NC(=O)[C@@H](C)N1CCN(C(=O)Cc2ccccn2)CC1. The van der Waals surface area contributed by atoms with Gasteiger partial charge in [-0.25, -0.2) is 4.79 Å². The molecule has 8 nitrogen and oxygen atoms in total. The van der Waals surface area contributed by atoms with Crippen molar-refractivity contribution in [3.05, 3.63) is 30.1 Å². The molecule has 1 aliphatic heterocycles. The molecule has 1 aromatic rings. The van der Waals surface area contributed by atoms with Crippen LogP contribution in [-0.4, -0.2) is 71.4 Å². The van der Waals surface area contributed by atoms with E-state index in [0.717, 1.165) is 5.69 Å². The van der Waals surface area contributed by atoms with Crippen molar-refractivity contribution in [2.75, 3.05) is 32.7 Å². The number of amides is 4. The van der Waals surface area contributed by atoms with E-state index >= 15 is 0 Å². The standard InChI is InChI=1S/C19H29N5O3/c1-14(2)13-21-19(27)22-18(26)15(3)23-8-10-24(11-9-23)17(25)12-16-6-4-5-7-20-16/h4-7,14-15H,8-13H2,1-3H3,(H2,21,22,26,27)/t15-/m1/s1. The zero-order valence-electron chi connectivity index (χ0n) is 16.3. The monoisotopic (exact) mass is 375 g/mol. The fourth-order valence-electron chi connectivity index (χ4n) is 2.85. The van der Waals surface area contributed by atoms with Crippen molar-refractivity contribution in [1.82, 2.24) is 25.4 Å². The zero-order chi connectivity index (χ0) is 19.8. The number of nitrogens with zero attached hydrogens (tertiary/aromatic N) is 3. The van der Waals surface area contributed by atoms with Crippen molar-refractivity contribution in [2.45, 2.75) is 33.2 Å². The van der Waals surface area contributed by atoms with Crippen molar-refractivity contribution in [3.63, 3.8) is 0 Å². The molecule has 8 heteroatoms. The third-order valence-corrected chi connectivity index (χ3v) is 4.56. The van der Waals surface area contributed by atoms with Gasteiger partial charge in [0, 0.05) is 44.6 Å². The lowest BCUT2D eigenvalue weighted by Crippen LogP contribution is -2.56. The summed E-state index contributed by atoms with van der Waals surface area (Å²) in [6, 6.07) is 4.63. The second kappa shape index (κ2) is 10.0. The summed E-state index contributed by atoms with van der Waals surface area (Å²) in [6.45, 7) is 8.57. The molecule has 1 aliphatic rings. The molecule has 2 N–H and O–H groups in total. The topological polar surface area (TPSA) is 94.6 Å². The summed E-state index contributed by atoms with van der Waals surface area (Å²) in [5.74, 6) is 0.0306. The Labute approximate surface area is 160 Å². The van der Waals surface area contributed by atoms with Gasteiger partial charge in [0.05, 0.1) is 12.5 Å². The van der Waals surface area contributed by atoms with Gasteiger partial charge in [-0.05, 0) is 25.0 Å². The molecular formula is C19H29N5O3. The van der Waals surface area contributed by atoms with E-state index in [2.05, 4.69) is 15.6 Å². The van der Waals surface area contributed by atoms with Crippen LogP contribution in [0.1, 0.15) is 26.5 Å². The number of imide groups is 1. The fraction of sp³-hybridized carbons (Fsp3) is 0.579. The van der Waals surface area contributed by atoms with Crippen molar-refractivity contribution in [3.8, 4) is 0 Å². The van der Waals surface area contributed by atoms with E-state index in [0.29, 0.717) is 38.6 Å². The highest BCUT2D eigenvalue weighted by molar-refractivity contribution is 5.96. The Hall–Kier alpha value is -2.48. The normalized spacial score (nSPS) is 16.1. The molecule has 0 unspecified atom stereocenters. The molecule has 0 saturated carbocycles. The van der Waals surface area contributed by atoms with Crippen LogP contribution in [0.25, 0.3) is 0 Å². The first-order valence-corrected chi connectivity index (χ1v) is 9.37. The maximum atomic E-state index is 12.4. The van der Waals surface area contributed by atoms with Crippen LogP contribution in [0.5, 0.6) is 0 Å². The third-order valence-electron chi connectivity index (χ3n) is 4.56. The van der Waals surface area contributed by atoms with Gasteiger partial charge in [0.15, 0.2) is 0 Å². The average Bonchev–Trinajstić information content (AvgIpc) is 2.66. The average molecular weight is 375 g/mol. The van der Waals surface area contributed by atoms with Crippen LogP contribution in [-0.2, 0) is 16.0 Å². The summed E-state index contributed by atoms with van der Waals surface area (Å²) in [4.78, 5) is 44.3.